The molecule has 1 aromatic heterocycles. The van der Waals surface area contributed by atoms with Gasteiger partial charge in [0, 0.05) is 16.6 Å². The van der Waals surface area contributed by atoms with Crippen molar-refractivity contribution in [2.24, 2.45) is 0 Å². The van der Waals surface area contributed by atoms with Crippen molar-refractivity contribution in [3.8, 4) is 11.5 Å². The van der Waals surface area contributed by atoms with Crippen molar-refractivity contribution in [1.82, 2.24) is 4.98 Å². The Morgan fingerprint density at radius 1 is 1.00 bits per heavy atom. The van der Waals surface area contributed by atoms with Crippen molar-refractivity contribution in [3.63, 3.8) is 0 Å². The topological polar surface area (TPSA) is 52.0 Å². The normalized spacial score (nSPS) is 11.3. The molecule has 0 bridgehead atoms. The van der Waals surface area contributed by atoms with Crippen molar-refractivity contribution in [1.29, 1.82) is 0 Å². The van der Waals surface area contributed by atoms with Gasteiger partial charge in [0.1, 0.15) is 5.52 Å². The number of aryl methyl sites for hydroxylation is 1. The lowest BCUT2D eigenvalue weighted by atomic mass is 10.1. The summed E-state index contributed by atoms with van der Waals surface area (Å²) in [7, 11) is 0. The van der Waals surface area contributed by atoms with E-state index >= 15 is 0 Å². The van der Waals surface area contributed by atoms with Gasteiger partial charge in [-0.3, -0.25) is 0 Å². The number of oxazole rings is 1. The zero-order valence-corrected chi connectivity index (χ0v) is 11.6. The number of hydrogen-bond acceptors (Lipinski definition) is 3. The molecule has 3 nitrogen and oxygen atoms in total. The number of rotatable bonds is 1. The minimum Gasteiger partial charge on any atom is -0.436 e. The number of anilines is 1. The molecule has 0 aliphatic rings. The van der Waals surface area contributed by atoms with Gasteiger partial charge < -0.3 is 10.2 Å². The Balaban J connectivity index is 1.98. The van der Waals surface area contributed by atoms with Crippen molar-refractivity contribution >= 4 is 27.6 Å². The molecule has 0 unspecified atom stereocenters. The summed E-state index contributed by atoms with van der Waals surface area (Å²) in [5, 5.41) is 2.27. The van der Waals surface area contributed by atoms with Crippen LogP contribution in [0.2, 0.25) is 0 Å². The molecular formula is C18H14N2O. The van der Waals surface area contributed by atoms with Crippen molar-refractivity contribution < 1.29 is 4.42 Å². The largest absolute Gasteiger partial charge is 0.436 e. The lowest BCUT2D eigenvalue weighted by molar-refractivity contribution is 0.620. The van der Waals surface area contributed by atoms with Gasteiger partial charge >= 0.3 is 0 Å². The fraction of sp³-hybridized carbons (Fsp3) is 0.0556. The third kappa shape index (κ3) is 1.86. The lowest BCUT2D eigenvalue weighted by Crippen LogP contribution is -1.89. The van der Waals surface area contributed by atoms with E-state index in [-0.39, 0.29) is 0 Å². The standard InChI is InChI=1S/C18H14N2O/c1-11-10-13(6-8-15(11)19)18-20-17-14-5-3-2-4-12(14)7-9-16(17)21-18/h2-10H,19H2,1H3. The highest BCUT2D eigenvalue weighted by Gasteiger charge is 2.11. The first-order chi connectivity index (χ1) is 10.2. The fourth-order valence-electron chi connectivity index (χ4n) is 2.59. The molecule has 3 heteroatoms. The van der Waals surface area contributed by atoms with Gasteiger partial charge in [0.05, 0.1) is 0 Å². The average molecular weight is 274 g/mol. The second kappa shape index (κ2) is 4.35. The molecular weight excluding hydrogens is 260 g/mol. The third-order valence-corrected chi connectivity index (χ3v) is 3.80. The maximum atomic E-state index is 5.91. The van der Waals surface area contributed by atoms with E-state index in [2.05, 4.69) is 23.2 Å². The molecule has 0 radical (unpaired) electrons. The second-order valence-corrected chi connectivity index (χ2v) is 5.22. The van der Waals surface area contributed by atoms with E-state index in [9.17, 15) is 0 Å². The minimum absolute atomic E-state index is 0.629. The summed E-state index contributed by atoms with van der Waals surface area (Å²) in [6, 6.07) is 18.0. The summed E-state index contributed by atoms with van der Waals surface area (Å²) < 4.78 is 5.91. The van der Waals surface area contributed by atoms with Crippen LogP contribution in [-0.4, -0.2) is 4.98 Å². The highest BCUT2D eigenvalue weighted by Crippen LogP contribution is 2.30. The van der Waals surface area contributed by atoms with E-state index in [1.165, 1.54) is 5.39 Å². The SMILES string of the molecule is Cc1cc(-c2nc3c(ccc4ccccc43)o2)ccc1N. The third-order valence-electron chi connectivity index (χ3n) is 3.80. The number of nitrogens with zero attached hydrogens (tertiary/aromatic N) is 1. The Labute approximate surface area is 122 Å². The molecule has 0 atom stereocenters. The molecule has 21 heavy (non-hydrogen) atoms. The minimum atomic E-state index is 0.629. The summed E-state index contributed by atoms with van der Waals surface area (Å²) in [4.78, 5) is 4.67. The highest BCUT2D eigenvalue weighted by atomic mass is 16.3. The van der Waals surface area contributed by atoms with E-state index in [0.717, 1.165) is 33.3 Å². The Morgan fingerprint density at radius 2 is 1.86 bits per heavy atom. The zero-order valence-electron chi connectivity index (χ0n) is 11.6. The first kappa shape index (κ1) is 12.0. The Kier molecular flexibility index (Phi) is 2.48. The Morgan fingerprint density at radius 3 is 2.71 bits per heavy atom. The molecule has 0 saturated heterocycles. The van der Waals surface area contributed by atoms with Gasteiger partial charge in [0.25, 0.3) is 0 Å². The second-order valence-electron chi connectivity index (χ2n) is 5.22. The number of nitrogen functional groups attached to an aromatic ring is 1. The molecule has 0 aliphatic heterocycles. The maximum absolute atomic E-state index is 5.91. The van der Waals surface area contributed by atoms with Crippen LogP contribution in [-0.2, 0) is 0 Å². The van der Waals surface area contributed by atoms with Gasteiger partial charge in [-0.1, -0.05) is 30.3 Å². The van der Waals surface area contributed by atoms with Crippen LogP contribution in [0.15, 0.2) is 59.0 Å². The van der Waals surface area contributed by atoms with Crippen molar-refractivity contribution in [2.45, 2.75) is 6.92 Å². The van der Waals surface area contributed by atoms with Crippen LogP contribution in [0, 0.1) is 6.92 Å². The van der Waals surface area contributed by atoms with Gasteiger partial charge in [-0.05, 0) is 42.1 Å². The summed E-state index contributed by atoms with van der Waals surface area (Å²) in [5.74, 6) is 0.629. The predicted molar refractivity (Wildman–Crippen MR) is 86.1 cm³/mol. The first-order valence-electron chi connectivity index (χ1n) is 6.87. The molecule has 1 heterocycles. The van der Waals surface area contributed by atoms with E-state index in [1.54, 1.807) is 0 Å². The van der Waals surface area contributed by atoms with Crippen LogP contribution in [0.3, 0.4) is 0 Å². The fourth-order valence-corrected chi connectivity index (χ4v) is 2.59. The van der Waals surface area contributed by atoms with Gasteiger partial charge in [-0.15, -0.1) is 0 Å². The molecule has 0 spiro atoms. The monoisotopic (exact) mass is 274 g/mol. The molecule has 0 amide bonds. The Hall–Kier alpha value is -2.81. The van der Waals surface area contributed by atoms with Crippen LogP contribution in [0.1, 0.15) is 5.56 Å². The summed E-state index contributed by atoms with van der Waals surface area (Å²) in [6.45, 7) is 1.98. The smallest absolute Gasteiger partial charge is 0.227 e. The molecule has 3 aromatic carbocycles. The molecule has 2 N–H and O–H groups in total. The molecule has 0 aliphatic carbocycles. The average Bonchev–Trinajstić information content (AvgIpc) is 2.94. The molecule has 0 fully saturated rings. The van der Waals surface area contributed by atoms with E-state index < -0.39 is 0 Å². The van der Waals surface area contributed by atoms with E-state index in [0.29, 0.717) is 5.89 Å². The van der Waals surface area contributed by atoms with Gasteiger partial charge in [0.2, 0.25) is 5.89 Å². The highest BCUT2D eigenvalue weighted by molar-refractivity contribution is 6.03. The predicted octanol–water partition coefficient (Wildman–Crippen LogP) is 4.54. The molecule has 0 saturated carbocycles. The number of nitrogens with two attached hydrogens (primary N) is 1. The van der Waals surface area contributed by atoms with Crippen LogP contribution < -0.4 is 5.73 Å². The van der Waals surface area contributed by atoms with Gasteiger partial charge in [-0.25, -0.2) is 4.98 Å². The maximum Gasteiger partial charge on any atom is 0.227 e. The van der Waals surface area contributed by atoms with Crippen LogP contribution in [0.4, 0.5) is 5.69 Å². The molecule has 4 aromatic rings. The van der Waals surface area contributed by atoms with Gasteiger partial charge in [0.15, 0.2) is 5.58 Å². The molecule has 4 rings (SSSR count). The quantitative estimate of drug-likeness (QED) is 0.518. The summed E-state index contributed by atoms with van der Waals surface area (Å²) in [5.41, 5.74) is 10.3. The van der Waals surface area contributed by atoms with E-state index in [4.69, 9.17) is 10.2 Å². The van der Waals surface area contributed by atoms with E-state index in [1.807, 2.05) is 43.3 Å². The van der Waals surface area contributed by atoms with Crippen LogP contribution in [0.5, 0.6) is 0 Å². The number of benzene rings is 3. The van der Waals surface area contributed by atoms with Crippen LogP contribution in [0.25, 0.3) is 33.3 Å². The number of fused-ring (bicyclic) bond motifs is 3. The number of hydrogen-bond donors (Lipinski definition) is 1. The zero-order chi connectivity index (χ0) is 14.4. The number of aromatic nitrogens is 1. The summed E-state index contributed by atoms with van der Waals surface area (Å²) >= 11 is 0. The molecule has 102 valence electrons. The van der Waals surface area contributed by atoms with Crippen molar-refractivity contribution in [3.05, 3.63) is 60.2 Å². The van der Waals surface area contributed by atoms with Crippen molar-refractivity contribution in [2.75, 3.05) is 5.73 Å². The lowest BCUT2D eigenvalue weighted by Gasteiger charge is -2.00. The summed E-state index contributed by atoms with van der Waals surface area (Å²) in [6.07, 6.45) is 0. The van der Waals surface area contributed by atoms with Gasteiger partial charge in [-0.2, -0.15) is 0 Å². The first-order valence-corrected chi connectivity index (χ1v) is 6.87. The van der Waals surface area contributed by atoms with Crippen LogP contribution >= 0.6 is 0 Å². The Bertz CT molecular complexity index is 969.